The van der Waals surface area contributed by atoms with Gasteiger partial charge in [0.25, 0.3) is 5.91 Å². The van der Waals surface area contributed by atoms with Crippen molar-refractivity contribution >= 4 is 23.5 Å². The van der Waals surface area contributed by atoms with E-state index in [1.165, 1.54) is 19.1 Å². The van der Waals surface area contributed by atoms with Crippen LogP contribution in [-0.2, 0) is 20.7 Å². The highest BCUT2D eigenvalue weighted by atomic mass is 16.5. The van der Waals surface area contributed by atoms with Gasteiger partial charge in [-0.05, 0) is 48.4 Å². The number of nitrogens with one attached hydrogen (secondary N) is 2. The van der Waals surface area contributed by atoms with E-state index in [-0.39, 0.29) is 18.1 Å². The smallest absolute Gasteiger partial charge is 0.338 e. The lowest BCUT2D eigenvalue weighted by molar-refractivity contribution is -0.124. The second kappa shape index (κ2) is 10.7. The van der Waals surface area contributed by atoms with Crippen LogP contribution in [0.3, 0.4) is 0 Å². The lowest BCUT2D eigenvalue weighted by Crippen LogP contribution is -2.30. The number of benzene rings is 2. The van der Waals surface area contributed by atoms with E-state index in [1.807, 2.05) is 12.1 Å². The number of amides is 2. The van der Waals surface area contributed by atoms with Crippen LogP contribution in [-0.4, -0.2) is 45.2 Å². The molecule has 2 aromatic rings. The molecule has 0 aliphatic rings. The zero-order chi connectivity index (χ0) is 21.2. The van der Waals surface area contributed by atoms with Crippen molar-refractivity contribution in [2.75, 3.05) is 32.7 Å². The van der Waals surface area contributed by atoms with Crippen LogP contribution < -0.4 is 20.1 Å². The van der Waals surface area contributed by atoms with Crippen LogP contribution in [0.2, 0.25) is 0 Å². The van der Waals surface area contributed by atoms with E-state index in [9.17, 15) is 14.4 Å². The molecule has 0 fully saturated rings. The van der Waals surface area contributed by atoms with Crippen molar-refractivity contribution in [1.29, 1.82) is 0 Å². The van der Waals surface area contributed by atoms with Crippen LogP contribution >= 0.6 is 0 Å². The molecule has 0 bridgehead atoms. The molecule has 8 heteroatoms. The van der Waals surface area contributed by atoms with Gasteiger partial charge in [-0.15, -0.1) is 0 Å². The monoisotopic (exact) mass is 400 g/mol. The van der Waals surface area contributed by atoms with Crippen LogP contribution in [0.5, 0.6) is 11.5 Å². The summed E-state index contributed by atoms with van der Waals surface area (Å²) >= 11 is 0. The molecule has 0 aliphatic heterocycles. The summed E-state index contributed by atoms with van der Waals surface area (Å²) in [6.45, 7) is 1.40. The number of ether oxygens (including phenoxy) is 3. The molecular formula is C21H24N2O6. The van der Waals surface area contributed by atoms with Gasteiger partial charge in [0, 0.05) is 19.2 Å². The zero-order valence-corrected chi connectivity index (χ0v) is 16.6. The Bertz CT molecular complexity index is 864. The fourth-order valence-corrected chi connectivity index (χ4v) is 2.54. The summed E-state index contributed by atoms with van der Waals surface area (Å²) in [5, 5.41) is 5.30. The molecule has 2 amide bonds. The molecule has 0 unspecified atom stereocenters. The van der Waals surface area contributed by atoms with E-state index in [0.717, 1.165) is 5.56 Å². The standard InChI is InChI=1S/C21H24N2O6/c1-14(24)23-17-7-5-16(6-8-17)21(26)29-13-20(25)22-11-10-15-4-9-18(27-2)19(12-15)28-3/h4-9,12H,10-11,13H2,1-3H3,(H,22,25)(H,23,24). The third-order valence-corrected chi connectivity index (χ3v) is 3.96. The van der Waals surface area contributed by atoms with Crippen molar-refractivity contribution in [1.82, 2.24) is 5.32 Å². The van der Waals surface area contributed by atoms with Gasteiger partial charge in [-0.2, -0.15) is 0 Å². The normalized spacial score (nSPS) is 10.0. The lowest BCUT2D eigenvalue weighted by atomic mass is 10.1. The number of carbonyl (C=O) groups excluding carboxylic acids is 3. The van der Waals surface area contributed by atoms with Gasteiger partial charge in [0.2, 0.25) is 5.91 Å². The molecule has 2 aromatic carbocycles. The van der Waals surface area contributed by atoms with Gasteiger partial charge in [-0.25, -0.2) is 4.79 Å². The number of hydrogen-bond donors (Lipinski definition) is 2. The molecule has 29 heavy (non-hydrogen) atoms. The molecule has 0 spiro atoms. The molecule has 0 saturated heterocycles. The molecule has 0 heterocycles. The van der Waals surface area contributed by atoms with Gasteiger partial charge in [-0.1, -0.05) is 6.07 Å². The Hall–Kier alpha value is -3.55. The molecule has 0 saturated carbocycles. The minimum absolute atomic E-state index is 0.204. The Balaban J connectivity index is 1.75. The summed E-state index contributed by atoms with van der Waals surface area (Å²) in [6, 6.07) is 11.7. The predicted molar refractivity (Wildman–Crippen MR) is 107 cm³/mol. The maximum Gasteiger partial charge on any atom is 0.338 e. The molecule has 154 valence electrons. The maximum atomic E-state index is 12.0. The van der Waals surface area contributed by atoms with Gasteiger partial charge in [0.05, 0.1) is 19.8 Å². The molecule has 0 atom stereocenters. The van der Waals surface area contributed by atoms with Gasteiger partial charge < -0.3 is 24.8 Å². The van der Waals surface area contributed by atoms with E-state index < -0.39 is 11.9 Å². The van der Waals surface area contributed by atoms with Gasteiger partial charge in [-0.3, -0.25) is 9.59 Å². The Labute approximate surface area is 169 Å². The first-order chi connectivity index (χ1) is 13.9. The quantitative estimate of drug-likeness (QED) is 0.626. The van der Waals surface area contributed by atoms with Crippen molar-refractivity contribution in [3.8, 4) is 11.5 Å². The minimum Gasteiger partial charge on any atom is -0.493 e. The number of hydrogen-bond acceptors (Lipinski definition) is 6. The van der Waals surface area contributed by atoms with Crippen LogP contribution in [0, 0.1) is 0 Å². The fraction of sp³-hybridized carbons (Fsp3) is 0.286. The summed E-state index contributed by atoms with van der Waals surface area (Å²) in [5.41, 5.74) is 1.83. The second-order valence-electron chi connectivity index (χ2n) is 6.12. The average molecular weight is 400 g/mol. The van der Waals surface area contributed by atoms with Crippen molar-refractivity contribution in [2.45, 2.75) is 13.3 Å². The summed E-state index contributed by atoms with van der Waals surface area (Å²) in [4.78, 5) is 34.9. The SMILES string of the molecule is COc1ccc(CCNC(=O)COC(=O)c2ccc(NC(C)=O)cc2)cc1OC. The highest BCUT2D eigenvalue weighted by Crippen LogP contribution is 2.27. The number of carbonyl (C=O) groups is 3. The minimum atomic E-state index is -0.616. The topological polar surface area (TPSA) is 103 Å². The third-order valence-electron chi connectivity index (χ3n) is 3.96. The average Bonchev–Trinajstić information content (AvgIpc) is 2.72. The Morgan fingerprint density at radius 3 is 2.24 bits per heavy atom. The van der Waals surface area contributed by atoms with Crippen molar-refractivity contribution in [3.05, 3.63) is 53.6 Å². The van der Waals surface area contributed by atoms with E-state index in [2.05, 4.69) is 10.6 Å². The van der Waals surface area contributed by atoms with E-state index >= 15 is 0 Å². The van der Waals surface area contributed by atoms with Gasteiger partial charge in [0.15, 0.2) is 18.1 Å². The summed E-state index contributed by atoms with van der Waals surface area (Å²) in [7, 11) is 3.13. The molecule has 8 nitrogen and oxygen atoms in total. The van der Waals surface area contributed by atoms with Crippen molar-refractivity contribution < 1.29 is 28.6 Å². The molecule has 0 aliphatic carbocycles. The summed E-state index contributed by atoms with van der Waals surface area (Å²) < 4.78 is 15.4. The predicted octanol–water partition coefficient (Wildman–Crippen LogP) is 2.18. The largest absolute Gasteiger partial charge is 0.493 e. The van der Waals surface area contributed by atoms with Crippen molar-refractivity contribution in [2.24, 2.45) is 0 Å². The zero-order valence-electron chi connectivity index (χ0n) is 16.6. The molecule has 2 rings (SSSR count). The highest BCUT2D eigenvalue weighted by molar-refractivity contribution is 5.93. The first-order valence-corrected chi connectivity index (χ1v) is 8.95. The maximum absolute atomic E-state index is 12.0. The van der Waals surface area contributed by atoms with Gasteiger partial charge in [0.1, 0.15) is 0 Å². The number of anilines is 1. The first kappa shape index (κ1) is 21.7. The molecule has 0 radical (unpaired) electrons. The molecular weight excluding hydrogens is 376 g/mol. The number of esters is 1. The first-order valence-electron chi connectivity index (χ1n) is 8.95. The third kappa shape index (κ3) is 6.84. The van der Waals surface area contributed by atoms with Gasteiger partial charge >= 0.3 is 5.97 Å². The summed E-state index contributed by atoms with van der Waals surface area (Å²) in [6.07, 6.45) is 0.588. The van der Waals surface area contributed by atoms with E-state index in [0.29, 0.717) is 30.2 Å². The van der Waals surface area contributed by atoms with E-state index in [4.69, 9.17) is 14.2 Å². The number of methoxy groups -OCH3 is 2. The Morgan fingerprint density at radius 2 is 1.62 bits per heavy atom. The van der Waals surface area contributed by atoms with Crippen LogP contribution in [0.15, 0.2) is 42.5 Å². The van der Waals surface area contributed by atoms with Crippen LogP contribution in [0.25, 0.3) is 0 Å². The lowest BCUT2D eigenvalue weighted by Gasteiger charge is -2.10. The van der Waals surface area contributed by atoms with Crippen molar-refractivity contribution in [3.63, 3.8) is 0 Å². The number of rotatable bonds is 9. The highest BCUT2D eigenvalue weighted by Gasteiger charge is 2.11. The van der Waals surface area contributed by atoms with Crippen LogP contribution in [0.4, 0.5) is 5.69 Å². The molecule has 2 N–H and O–H groups in total. The fourth-order valence-electron chi connectivity index (χ4n) is 2.54. The van der Waals surface area contributed by atoms with E-state index in [1.54, 1.807) is 32.4 Å². The summed E-state index contributed by atoms with van der Waals surface area (Å²) in [5.74, 6) is 0.0419. The van der Waals surface area contributed by atoms with Crippen LogP contribution in [0.1, 0.15) is 22.8 Å². The molecule has 0 aromatic heterocycles. The Morgan fingerprint density at radius 1 is 0.931 bits per heavy atom. The Kier molecular flexibility index (Phi) is 8.02. The second-order valence-corrected chi connectivity index (χ2v) is 6.12.